The number of esters is 2. The first-order valence-electron chi connectivity index (χ1n) is 20.9. The second-order valence-corrected chi connectivity index (χ2v) is 15.2. The number of allylic oxidation sites excluding steroid dienone is 4. The number of aliphatic carboxylic acids is 1. The van der Waals surface area contributed by atoms with Crippen LogP contribution in [-0.2, 0) is 28.6 Å². The summed E-state index contributed by atoms with van der Waals surface area (Å²) >= 11 is 0. The van der Waals surface area contributed by atoms with Crippen LogP contribution >= 0.6 is 0 Å². The second-order valence-electron chi connectivity index (χ2n) is 15.2. The molecule has 0 aromatic carbocycles. The Bertz CT molecular complexity index is 895. The lowest BCUT2D eigenvalue weighted by Gasteiger charge is -2.31. The summed E-state index contributed by atoms with van der Waals surface area (Å²) in [6.45, 7) is 4.69. The molecule has 0 amide bonds. The Balaban J connectivity index is 4.33. The SMILES string of the molecule is CCCCC/C=C/C/C=C/CCCCCCCCCC(=O)OCC(COCCC(C(=O)O)[N+](C)(C)C)OC(=O)CCCCCCCCCCCC. The fourth-order valence-electron chi connectivity index (χ4n) is 6.06. The smallest absolute Gasteiger partial charge is 0.362 e. The molecular formula is C43H80NO7+. The summed E-state index contributed by atoms with van der Waals surface area (Å²) in [6.07, 6.45) is 36.4. The van der Waals surface area contributed by atoms with E-state index in [-0.39, 0.29) is 36.2 Å². The van der Waals surface area contributed by atoms with E-state index in [4.69, 9.17) is 14.2 Å². The fourth-order valence-corrected chi connectivity index (χ4v) is 6.06. The molecule has 1 N–H and O–H groups in total. The van der Waals surface area contributed by atoms with Crippen molar-refractivity contribution >= 4 is 17.9 Å². The normalized spacial score (nSPS) is 13.2. The van der Waals surface area contributed by atoms with Gasteiger partial charge >= 0.3 is 17.9 Å². The Labute approximate surface area is 313 Å². The number of unbranched alkanes of at least 4 members (excludes halogenated alkanes) is 19. The minimum atomic E-state index is -0.876. The average Bonchev–Trinajstić information content (AvgIpc) is 3.08. The van der Waals surface area contributed by atoms with Crippen molar-refractivity contribution in [1.29, 1.82) is 0 Å². The highest BCUT2D eigenvalue weighted by Gasteiger charge is 2.31. The van der Waals surface area contributed by atoms with Crippen molar-refractivity contribution < 1.29 is 38.2 Å². The Morgan fingerprint density at radius 2 is 1.04 bits per heavy atom. The fraction of sp³-hybridized carbons (Fsp3) is 0.837. The van der Waals surface area contributed by atoms with Crippen LogP contribution in [0.2, 0.25) is 0 Å². The first kappa shape index (κ1) is 48.8. The molecular weight excluding hydrogens is 642 g/mol. The van der Waals surface area contributed by atoms with Gasteiger partial charge in [-0.2, -0.15) is 0 Å². The number of hydrogen-bond acceptors (Lipinski definition) is 6. The van der Waals surface area contributed by atoms with Gasteiger partial charge in [0.25, 0.3) is 0 Å². The summed E-state index contributed by atoms with van der Waals surface area (Å²) in [7, 11) is 5.52. The third-order valence-corrected chi connectivity index (χ3v) is 9.35. The molecule has 2 atom stereocenters. The van der Waals surface area contributed by atoms with Crippen LogP contribution in [0, 0.1) is 0 Å². The zero-order valence-electron chi connectivity index (χ0n) is 33.8. The van der Waals surface area contributed by atoms with Crippen LogP contribution in [0.5, 0.6) is 0 Å². The van der Waals surface area contributed by atoms with E-state index in [1.165, 1.54) is 96.3 Å². The molecule has 0 aromatic rings. The maximum atomic E-state index is 12.6. The lowest BCUT2D eigenvalue weighted by molar-refractivity contribution is -0.887. The van der Waals surface area contributed by atoms with Crippen LogP contribution < -0.4 is 0 Å². The zero-order valence-corrected chi connectivity index (χ0v) is 33.8. The quantitative estimate of drug-likeness (QED) is 0.0295. The number of carboxylic acids is 1. The van der Waals surface area contributed by atoms with Gasteiger partial charge in [-0.05, 0) is 44.9 Å². The lowest BCUT2D eigenvalue weighted by atomic mass is 10.1. The van der Waals surface area contributed by atoms with Gasteiger partial charge < -0.3 is 23.8 Å². The van der Waals surface area contributed by atoms with Crippen molar-refractivity contribution in [1.82, 2.24) is 0 Å². The van der Waals surface area contributed by atoms with Gasteiger partial charge in [0.15, 0.2) is 12.1 Å². The van der Waals surface area contributed by atoms with E-state index in [9.17, 15) is 19.5 Å². The standard InChI is InChI=1S/C43H79NO7/c1-6-8-10-12-14-16-18-19-20-21-22-23-24-26-27-29-31-33-41(45)50-38-39(37-49-36-35-40(43(47)48)44(3,4)5)51-42(46)34-32-30-28-25-17-15-13-11-9-7-2/h14,16,19-20,39-40H,6-13,15,17-18,21-38H2,1-5H3/p+1/b16-14+,20-19+. The third-order valence-electron chi connectivity index (χ3n) is 9.35. The Hall–Kier alpha value is -2.19. The molecule has 0 radical (unpaired) electrons. The minimum Gasteiger partial charge on any atom is -0.477 e. The molecule has 0 aliphatic rings. The highest BCUT2D eigenvalue weighted by Crippen LogP contribution is 2.14. The van der Waals surface area contributed by atoms with Crippen molar-refractivity contribution in [3.8, 4) is 0 Å². The molecule has 0 rings (SSSR count). The van der Waals surface area contributed by atoms with E-state index < -0.39 is 18.1 Å². The first-order valence-corrected chi connectivity index (χ1v) is 20.9. The molecule has 0 aliphatic carbocycles. The number of likely N-dealkylation sites (N-methyl/N-ethyl adjacent to an activating group) is 1. The first-order chi connectivity index (χ1) is 24.6. The summed E-state index contributed by atoms with van der Waals surface area (Å²) in [5, 5.41) is 9.59. The van der Waals surface area contributed by atoms with Crippen LogP contribution in [0.1, 0.15) is 181 Å². The van der Waals surface area contributed by atoms with Crippen molar-refractivity contribution in [3.63, 3.8) is 0 Å². The predicted octanol–water partition coefficient (Wildman–Crippen LogP) is 10.9. The number of carboxylic acid groups (broad SMARTS) is 1. The van der Waals surface area contributed by atoms with Gasteiger partial charge in [0.2, 0.25) is 0 Å². The van der Waals surface area contributed by atoms with Crippen LogP contribution in [0.4, 0.5) is 0 Å². The number of hydrogen-bond donors (Lipinski definition) is 1. The molecule has 0 saturated heterocycles. The van der Waals surface area contributed by atoms with E-state index in [0.717, 1.165) is 51.4 Å². The number of nitrogens with zero attached hydrogens (tertiary/aromatic N) is 1. The molecule has 2 unspecified atom stereocenters. The van der Waals surface area contributed by atoms with E-state index in [1.54, 1.807) is 0 Å². The molecule has 0 aliphatic heterocycles. The van der Waals surface area contributed by atoms with E-state index in [0.29, 0.717) is 19.3 Å². The van der Waals surface area contributed by atoms with Crippen LogP contribution in [0.15, 0.2) is 24.3 Å². The van der Waals surface area contributed by atoms with Crippen molar-refractivity contribution in [2.45, 2.75) is 193 Å². The maximum absolute atomic E-state index is 12.6. The number of carbonyl (C=O) groups excluding carboxylic acids is 2. The van der Waals surface area contributed by atoms with Gasteiger partial charge in [-0.1, -0.05) is 141 Å². The predicted molar refractivity (Wildman–Crippen MR) is 211 cm³/mol. The Morgan fingerprint density at radius 1 is 0.588 bits per heavy atom. The molecule has 0 saturated carbocycles. The number of ether oxygens (including phenoxy) is 3. The van der Waals surface area contributed by atoms with Gasteiger partial charge in [0.05, 0.1) is 34.4 Å². The topological polar surface area (TPSA) is 99.1 Å². The summed E-state index contributed by atoms with van der Waals surface area (Å²) in [6, 6.07) is -0.611. The number of quaternary nitrogens is 1. The van der Waals surface area contributed by atoms with Crippen molar-refractivity contribution in [2.75, 3.05) is 41.0 Å². The average molecular weight is 723 g/mol. The molecule has 51 heavy (non-hydrogen) atoms. The molecule has 8 nitrogen and oxygen atoms in total. The van der Waals surface area contributed by atoms with Crippen LogP contribution in [0.25, 0.3) is 0 Å². The maximum Gasteiger partial charge on any atom is 0.362 e. The monoisotopic (exact) mass is 723 g/mol. The molecule has 0 fully saturated rings. The lowest BCUT2D eigenvalue weighted by Crippen LogP contribution is -2.50. The van der Waals surface area contributed by atoms with Gasteiger partial charge in [-0.15, -0.1) is 0 Å². The molecule has 0 spiro atoms. The van der Waals surface area contributed by atoms with Crippen molar-refractivity contribution in [3.05, 3.63) is 24.3 Å². The van der Waals surface area contributed by atoms with Gasteiger partial charge in [-0.25, -0.2) is 4.79 Å². The second kappa shape index (κ2) is 34.9. The summed E-state index contributed by atoms with van der Waals surface area (Å²) in [5.41, 5.74) is 0. The highest BCUT2D eigenvalue weighted by atomic mass is 16.6. The molecule has 0 bridgehead atoms. The van der Waals surface area contributed by atoms with Crippen LogP contribution in [0.3, 0.4) is 0 Å². The molecule has 8 heteroatoms. The largest absolute Gasteiger partial charge is 0.477 e. The molecule has 0 aromatic heterocycles. The minimum absolute atomic E-state index is 0.0516. The van der Waals surface area contributed by atoms with Gasteiger partial charge in [-0.3, -0.25) is 9.59 Å². The molecule has 298 valence electrons. The number of rotatable bonds is 37. The zero-order chi connectivity index (χ0) is 37.8. The van der Waals surface area contributed by atoms with E-state index in [1.807, 2.05) is 21.1 Å². The summed E-state index contributed by atoms with van der Waals surface area (Å²) < 4.78 is 17.2. The number of carbonyl (C=O) groups is 3. The van der Waals surface area contributed by atoms with Crippen LogP contribution in [-0.4, -0.2) is 80.6 Å². The van der Waals surface area contributed by atoms with E-state index in [2.05, 4.69) is 38.2 Å². The van der Waals surface area contributed by atoms with Gasteiger partial charge in [0.1, 0.15) is 6.61 Å². The third kappa shape index (κ3) is 33.4. The molecule has 0 heterocycles. The summed E-state index contributed by atoms with van der Waals surface area (Å²) in [5.74, 6) is -1.47. The summed E-state index contributed by atoms with van der Waals surface area (Å²) in [4.78, 5) is 36.8. The Morgan fingerprint density at radius 3 is 1.55 bits per heavy atom. The highest BCUT2D eigenvalue weighted by molar-refractivity contribution is 5.72. The van der Waals surface area contributed by atoms with E-state index >= 15 is 0 Å². The Kier molecular flexibility index (Phi) is 33.4. The van der Waals surface area contributed by atoms with Crippen molar-refractivity contribution in [2.24, 2.45) is 0 Å². The van der Waals surface area contributed by atoms with Gasteiger partial charge in [0, 0.05) is 19.3 Å².